The Labute approximate surface area is 125 Å². The molecule has 0 amide bonds. The Hall–Kier alpha value is -1.66. The van der Waals surface area contributed by atoms with Crippen LogP contribution in [0.2, 0.25) is 0 Å². The number of aromatic nitrogens is 2. The van der Waals surface area contributed by atoms with Crippen molar-refractivity contribution in [1.29, 1.82) is 0 Å². The fourth-order valence-electron chi connectivity index (χ4n) is 2.12. The summed E-state index contributed by atoms with van der Waals surface area (Å²) in [5, 5.41) is 0. The monoisotopic (exact) mass is 307 g/mol. The number of nitrogens with two attached hydrogens (primary N) is 1. The van der Waals surface area contributed by atoms with E-state index in [-0.39, 0.29) is 6.04 Å². The maximum Gasteiger partial charge on any atom is 0.175 e. The van der Waals surface area contributed by atoms with Gasteiger partial charge in [0.25, 0.3) is 0 Å². The number of benzene rings is 1. The van der Waals surface area contributed by atoms with Crippen molar-refractivity contribution >= 4 is 9.84 Å². The Bertz CT molecular complexity index is 703. The lowest BCUT2D eigenvalue weighted by molar-refractivity contribution is 0.484. The van der Waals surface area contributed by atoms with Crippen molar-refractivity contribution in [3.63, 3.8) is 0 Å². The zero-order chi connectivity index (χ0) is 15.6. The van der Waals surface area contributed by atoms with Gasteiger partial charge in [0.15, 0.2) is 9.84 Å². The van der Waals surface area contributed by atoms with Crippen LogP contribution in [0.5, 0.6) is 0 Å². The van der Waals surface area contributed by atoms with Gasteiger partial charge in [0.1, 0.15) is 0 Å². The topological polar surface area (TPSA) is 78.0 Å². The van der Waals surface area contributed by atoms with Gasteiger partial charge in [0, 0.05) is 25.0 Å². The molecule has 2 N–H and O–H groups in total. The lowest BCUT2D eigenvalue weighted by atomic mass is 10.0. The van der Waals surface area contributed by atoms with Crippen LogP contribution >= 0.6 is 0 Å². The normalized spacial score (nSPS) is 13.6. The molecule has 0 saturated heterocycles. The van der Waals surface area contributed by atoms with Gasteiger partial charge >= 0.3 is 0 Å². The molecule has 2 aromatic rings. The number of hydrogen-bond donors (Lipinski definition) is 1. The summed E-state index contributed by atoms with van der Waals surface area (Å²) in [6.45, 7) is 4.77. The van der Waals surface area contributed by atoms with E-state index in [0.717, 1.165) is 11.3 Å². The number of imidazole rings is 1. The third-order valence-electron chi connectivity index (χ3n) is 3.51. The Balaban J connectivity index is 2.22. The molecule has 0 aliphatic rings. The van der Waals surface area contributed by atoms with E-state index in [1.54, 1.807) is 24.7 Å². The molecular weight excluding hydrogens is 286 g/mol. The van der Waals surface area contributed by atoms with E-state index >= 15 is 0 Å². The molecule has 114 valence electrons. The van der Waals surface area contributed by atoms with Crippen molar-refractivity contribution in [2.45, 2.75) is 31.3 Å². The summed E-state index contributed by atoms with van der Waals surface area (Å²) < 4.78 is 24.9. The number of nitrogens with zero attached hydrogens (tertiary/aromatic N) is 2. The first-order chi connectivity index (χ1) is 9.79. The van der Waals surface area contributed by atoms with E-state index < -0.39 is 9.84 Å². The molecule has 5 nitrogen and oxygen atoms in total. The summed E-state index contributed by atoms with van der Waals surface area (Å²) >= 11 is 0. The Kier molecular flexibility index (Phi) is 4.49. The minimum Gasteiger partial charge on any atom is -0.329 e. The first-order valence-corrected chi connectivity index (χ1v) is 8.73. The van der Waals surface area contributed by atoms with E-state index in [2.05, 4.69) is 18.8 Å². The van der Waals surface area contributed by atoms with E-state index in [0.29, 0.717) is 17.4 Å². The van der Waals surface area contributed by atoms with Crippen LogP contribution in [0.15, 0.2) is 41.7 Å². The lowest BCUT2D eigenvalue weighted by Crippen LogP contribution is -2.20. The third-order valence-corrected chi connectivity index (χ3v) is 4.64. The van der Waals surface area contributed by atoms with Crippen LogP contribution in [0, 0.1) is 5.92 Å². The quantitative estimate of drug-likeness (QED) is 0.916. The summed E-state index contributed by atoms with van der Waals surface area (Å²) in [5.41, 5.74) is 8.17. The molecule has 0 fully saturated rings. The van der Waals surface area contributed by atoms with Crippen molar-refractivity contribution in [2.24, 2.45) is 11.7 Å². The van der Waals surface area contributed by atoms with Crippen LogP contribution in [0.25, 0.3) is 0 Å². The summed E-state index contributed by atoms with van der Waals surface area (Å²) in [5.74, 6) is 0.327. The molecule has 2 rings (SSSR count). The summed E-state index contributed by atoms with van der Waals surface area (Å²) in [4.78, 5) is 4.50. The average Bonchev–Trinajstić information content (AvgIpc) is 2.85. The fraction of sp³-hybridized carbons (Fsp3) is 0.400. The van der Waals surface area contributed by atoms with Crippen molar-refractivity contribution in [3.8, 4) is 0 Å². The second-order valence-electron chi connectivity index (χ2n) is 5.63. The molecule has 1 atom stereocenters. The molecule has 0 aliphatic carbocycles. The van der Waals surface area contributed by atoms with Crippen molar-refractivity contribution in [2.75, 3.05) is 6.26 Å². The molecule has 0 bridgehead atoms. The lowest BCUT2D eigenvalue weighted by Gasteiger charge is -2.18. The first-order valence-electron chi connectivity index (χ1n) is 6.83. The largest absolute Gasteiger partial charge is 0.329 e. The molecule has 1 aromatic heterocycles. The summed E-state index contributed by atoms with van der Waals surface area (Å²) in [6.07, 6.45) is 4.75. The van der Waals surface area contributed by atoms with Gasteiger partial charge in [-0.25, -0.2) is 13.4 Å². The zero-order valence-electron chi connectivity index (χ0n) is 12.5. The van der Waals surface area contributed by atoms with Crippen LogP contribution in [0.4, 0.5) is 0 Å². The Morgan fingerprint density at radius 1 is 1.24 bits per heavy atom. The molecule has 6 heteroatoms. The second-order valence-corrected chi connectivity index (χ2v) is 7.65. The number of rotatable bonds is 5. The summed E-state index contributed by atoms with van der Waals surface area (Å²) in [6, 6.07) is 6.83. The third kappa shape index (κ3) is 3.71. The van der Waals surface area contributed by atoms with E-state index in [4.69, 9.17) is 5.73 Å². The maximum absolute atomic E-state index is 11.4. The van der Waals surface area contributed by atoms with E-state index in [1.165, 1.54) is 6.26 Å². The summed E-state index contributed by atoms with van der Waals surface area (Å²) in [7, 11) is -3.15. The van der Waals surface area contributed by atoms with E-state index in [1.807, 2.05) is 16.7 Å². The van der Waals surface area contributed by atoms with Crippen LogP contribution in [-0.2, 0) is 16.4 Å². The SMILES string of the molecule is CC(C)C(N)c1cncn1Cc1ccc(S(C)(=O)=O)cc1. The van der Waals surface area contributed by atoms with Gasteiger partial charge < -0.3 is 10.3 Å². The highest BCUT2D eigenvalue weighted by Gasteiger charge is 2.15. The first kappa shape index (κ1) is 15.7. The molecule has 1 aromatic carbocycles. The second kappa shape index (κ2) is 5.99. The van der Waals surface area contributed by atoms with E-state index in [9.17, 15) is 8.42 Å². The molecule has 0 spiro atoms. The minimum absolute atomic E-state index is 0.0669. The smallest absolute Gasteiger partial charge is 0.175 e. The maximum atomic E-state index is 11.4. The fourth-order valence-corrected chi connectivity index (χ4v) is 2.75. The van der Waals surface area contributed by atoms with Gasteiger partial charge in [-0.15, -0.1) is 0 Å². The van der Waals surface area contributed by atoms with Crippen LogP contribution in [0.3, 0.4) is 0 Å². The minimum atomic E-state index is -3.15. The van der Waals surface area contributed by atoms with Gasteiger partial charge in [-0.1, -0.05) is 26.0 Å². The highest BCUT2D eigenvalue weighted by molar-refractivity contribution is 7.90. The average molecular weight is 307 g/mol. The van der Waals surface area contributed by atoms with Crippen molar-refractivity contribution in [1.82, 2.24) is 9.55 Å². The molecule has 0 radical (unpaired) electrons. The standard InChI is InChI=1S/C15H21N3O2S/c1-11(2)15(16)14-8-17-10-18(14)9-12-4-6-13(7-5-12)21(3,19)20/h4-8,10-11,15H,9,16H2,1-3H3. The highest BCUT2D eigenvalue weighted by Crippen LogP contribution is 2.19. The number of hydrogen-bond acceptors (Lipinski definition) is 4. The molecule has 1 heterocycles. The Morgan fingerprint density at radius 3 is 2.38 bits per heavy atom. The predicted octanol–water partition coefficient (Wildman–Crippen LogP) is 1.99. The van der Waals surface area contributed by atoms with Gasteiger partial charge in [0.2, 0.25) is 0 Å². The number of sulfone groups is 1. The van der Waals surface area contributed by atoms with Gasteiger partial charge in [-0.2, -0.15) is 0 Å². The van der Waals surface area contributed by atoms with Gasteiger partial charge in [-0.3, -0.25) is 0 Å². The molecular formula is C15H21N3O2S. The van der Waals surface area contributed by atoms with Gasteiger partial charge in [0.05, 0.1) is 16.9 Å². The van der Waals surface area contributed by atoms with Crippen LogP contribution < -0.4 is 5.73 Å². The van der Waals surface area contributed by atoms with Gasteiger partial charge in [-0.05, 0) is 23.6 Å². The molecule has 1 unspecified atom stereocenters. The van der Waals surface area contributed by atoms with Crippen LogP contribution in [-0.4, -0.2) is 24.2 Å². The van der Waals surface area contributed by atoms with Crippen molar-refractivity contribution < 1.29 is 8.42 Å². The Morgan fingerprint density at radius 2 is 1.86 bits per heavy atom. The molecule has 21 heavy (non-hydrogen) atoms. The van der Waals surface area contributed by atoms with Crippen molar-refractivity contribution in [3.05, 3.63) is 48.0 Å². The zero-order valence-corrected chi connectivity index (χ0v) is 13.3. The predicted molar refractivity (Wildman–Crippen MR) is 82.6 cm³/mol. The molecule has 0 saturated carbocycles. The molecule has 0 aliphatic heterocycles. The van der Waals surface area contributed by atoms with Crippen LogP contribution in [0.1, 0.15) is 31.1 Å². The highest BCUT2D eigenvalue weighted by atomic mass is 32.2.